The molecular formula is C8H14N2O. The normalized spacial score (nSPS) is 11.7. The Kier molecular flexibility index (Phi) is 5.18. The first kappa shape index (κ1) is 9.96. The van der Waals surface area contributed by atoms with Crippen LogP contribution in [0, 0.1) is 17.2 Å². The minimum absolute atomic E-state index is 0.0200. The van der Waals surface area contributed by atoms with E-state index >= 15 is 0 Å². The minimum Gasteiger partial charge on any atom is -0.343 e. The van der Waals surface area contributed by atoms with Crippen LogP contribution in [0.2, 0.25) is 0 Å². The van der Waals surface area contributed by atoms with Crippen molar-refractivity contribution in [1.82, 2.24) is 5.32 Å². The molecule has 0 aromatic rings. The highest BCUT2D eigenvalue weighted by Crippen LogP contribution is 2.03. The summed E-state index contributed by atoms with van der Waals surface area (Å²) in [6, 6.07) is 1.86. The van der Waals surface area contributed by atoms with Crippen LogP contribution in [0.1, 0.15) is 26.7 Å². The van der Waals surface area contributed by atoms with Crippen molar-refractivity contribution in [2.24, 2.45) is 5.92 Å². The van der Waals surface area contributed by atoms with Gasteiger partial charge in [-0.25, -0.2) is 0 Å². The highest BCUT2D eigenvalue weighted by atomic mass is 16.1. The van der Waals surface area contributed by atoms with Gasteiger partial charge in [-0.3, -0.25) is 4.79 Å². The van der Waals surface area contributed by atoms with Crippen molar-refractivity contribution in [2.75, 3.05) is 6.54 Å². The van der Waals surface area contributed by atoms with Crippen LogP contribution < -0.4 is 5.32 Å². The first-order valence-corrected chi connectivity index (χ1v) is 3.87. The summed E-state index contributed by atoms with van der Waals surface area (Å²) in [5.41, 5.74) is 0. The Morgan fingerprint density at radius 2 is 2.36 bits per heavy atom. The Morgan fingerprint density at radius 3 is 2.82 bits per heavy atom. The molecule has 0 aliphatic rings. The lowest BCUT2D eigenvalue weighted by Crippen LogP contribution is -2.29. The van der Waals surface area contributed by atoms with Gasteiger partial charge < -0.3 is 5.32 Å². The van der Waals surface area contributed by atoms with Crippen molar-refractivity contribution in [3.05, 3.63) is 0 Å². The Morgan fingerprint density at radius 1 is 1.73 bits per heavy atom. The second kappa shape index (κ2) is 5.72. The largest absolute Gasteiger partial charge is 0.343 e. The van der Waals surface area contributed by atoms with E-state index in [0.29, 0.717) is 0 Å². The maximum atomic E-state index is 11.0. The first-order valence-electron chi connectivity index (χ1n) is 3.87. The molecule has 62 valence electrons. The van der Waals surface area contributed by atoms with E-state index in [1.165, 1.54) is 0 Å². The molecule has 1 atom stereocenters. The summed E-state index contributed by atoms with van der Waals surface area (Å²) in [6.07, 6.45) is 1.89. The van der Waals surface area contributed by atoms with Gasteiger partial charge in [0.1, 0.15) is 6.54 Å². The van der Waals surface area contributed by atoms with E-state index in [0.717, 1.165) is 12.8 Å². The monoisotopic (exact) mass is 154 g/mol. The molecule has 3 nitrogen and oxygen atoms in total. The fourth-order valence-electron chi connectivity index (χ4n) is 0.865. The van der Waals surface area contributed by atoms with Gasteiger partial charge in [-0.15, -0.1) is 0 Å². The van der Waals surface area contributed by atoms with Gasteiger partial charge in [0.05, 0.1) is 6.07 Å². The molecule has 0 radical (unpaired) electrons. The van der Waals surface area contributed by atoms with E-state index in [9.17, 15) is 4.79 Å². The molecule has 0 saturated heterocycles. The van der Waals surface area contributed by atoms with Crippen molar-refractivity contribution < 1.29 is 4.79 Å². The zero-order valence-corrected chi connectivity index (χ0v) is 7.05. The molecule has 3 heteroatoms. The number of hydrogen-bond donors (Lipinski definition) is 1. The Bertz CT molecular complexity index is 160. The molecule has 0 bridgehead atoms. The van der Waals surface area contributed by atoms with Crippen LogP contribution in [0.3, 0.4) is 0 Å². The van der Waals surface area contributed by atoms with Crippen LogP contribution in [0.15, 0.2) is 0 Å². The lowest BCUT2D eigenvalue weighted by atomic mass is 10.1. The average molecular weight is 154 g/mol. The topological polar surface area (TPSA) is 52.9 Å². The van der Waals surface area contributed by atoms with Gasteiger partial charge >= 0.3 is 0 Å². The average Bonchev–Trinajstić information content (AvgIpc) is 2.00. The predicted molar refractivity (Wildman–Crippen MR) is 42.7 cm³/mol. The van der Waals surface area contributed by atoms with Gasteiger partial charge in [-0.2, -0.15) is 5.26 Å². The second-order valence-electron chi connectivity index (χ2n) is 2.57. The zero-order chi connectivity index (χ0) is 8.69. The van der Waals surface area contributed by atoms with Crippen molar-refractivity contribution in [3.63, 3.8) is 0 Å². The van der Waals surface area contributed by atoms with Crippen LogP contribution >= 0.6 is 0 Å². The number of nitriles is 1. The molecule has 0 aromatic heterocycles. The van der Waals surface area contributed by atoms with E-state index in [4.69, 9.17) is 5.26 Å². The minimum atomic E-state index is -0.0200. The quantitative estimate of drug-likeness (QED) is 0.615. The van der Waals surface area contributed by atoms with Crippen molar-refractivity contribution in [2.45, 2.75) is 26.7 Å². The maximum Gasteiger partial charge on any atom is 0.223 e. The summed E-state index contributed by atoms with van der Waals surface area (Å²) in [7, 11) is 0. The molecule has 0 aliphatic carbocycles. The first-order chi connectivity index (χ1) is 5.22. The third kappa shape index (κ3) is 4.38. The Labute approximate surface area is 67.4 Å². The van der Waals surface area contributed by atoms with Gasteiger partial charge in [0.25, 0.3) is 0 Å². The fraction of sp³-hybridized carbons (Fsp3) is 0.750. The highest BCUT2D eigenvalue weighted by molar-refractivity contribution is 5.78. The number of hydrogen-bond acceptors (Lipinski definition) is 2. The molecule has 0 heterocycles. The molecule has 1 unspecified atom stereocenters. The zero-order valence-electron chi connectivity index (χ0n) is 7.05. The molecule has 0 saturated carbocycles. The van der Waals surface area contributed by atoms with Gasteiger partial charge in [0, 0.05) is 5.92 Å². The molecule has 0 aromatic carbocycles. The summed E-state index contributed by atoms with van der Waals surface area (Å²) in [4.78, 5) is 11.0. The van der Waals surface area contributed by atoms with E-state index in [2.05, 4.69) is 5.32 Å². The predicted octanol–water partition coefficient (Wildman–Crippen LogP) is 1.06. The van der Waals surface area contributed by atoms with Crippen LogP contribution in [-0.4, -0.2) is 12.5 Å². The highest BCUT2D eigenvalue weighted by Gasteiger charge is 2.09. The summed E-state index contributed by atoms with van der Waals surface area (Å²) >= 11 is 0. The van der Waals surface area contributed by atoms with Crippen molar-refractivity contribution in [3.8, 4) is 6.07 Å². The maximum absolute atomic E-state index is 11.0. The van der Waals surface area contributed by atoms with Crippen molar-refractivity contribution >= 4 is 5.91 Å². The van der Waals surface area contributed by atoms with E-state index in [-0.39, 0.29) is 18.4 Å². The van der Waals surface area contributed by atoms with Crippen molar-refractivity contribution in [1.29, 1.82) is 5.26 Å². The smallest absolute Gasteiger partial charge is 0.223 e. The number of nitrogens with one attached hydrogen (secondary N) is 1. The standard InChI is InChI=1S/C8H14N2O/c1-3-4-7(2)8(11)10-6-5-9/h7H,3-4,6H2,1-2H3,(H,10,11). The Hall–Kier alpha value is -1.04. The summed E-state index contributed by atoms with van der Waals surface area (Å²) < 4.78 is 0. The summed E-state index contributed by atoms with van der Waals surface area (Å²) in [5, 5.41) is 10.7. The fourth-order valence-corrected chi connectivity index (χ4v) is 0.865. The van der Waals surface area contributed by atoms with E-state index in [1.54, 1.807) is 0 Å². The number of amides is 1. The SMILES string of the molecule is CCCC(C)C(=O)NCC#N. The molecule has 1 N–H and O–H groups in total. The van der Waals surface area contributed by atoms with Gasteiger partial charge in [-0.1, -0.05) is 20.3 Å². The number of rotatable bonds is 4. The van der Waals surface area contributed by atoms with Crippen LogP contribution in [0.25, 0.3) is 0 Å². The lowest BCUT2D eigenvalue weighted by molar-refractivity contribution is -0.124. The Balaban J connectivity index is 3.57. The van der Waals surface area contributed by atoms with Crippen LogP contribution in [0.4, 0.5) is 0 Å². The molecule has 0 rings (SSSR count). The molecule has 1 amide bonds. The van der Waals surface area contributed by atoms with Gasteiger partial charge in [0.2, 0.25) is 5.91 Å². The lowest BCUT2D eigenvalue weighted by Gasteiger charge is -2.07. The molecule has 0 spiro atoms. The molecule has 11 heavy (non-hydrogen) atoms. The van der Waals surface area contributed by atoms with Crippen LogP contribution in [-0.2, 0) is 4.79 Å². The molecular weight excluding hydrogens is 140 g/mol. The summed E-state index contributed by atoms with van der Waals surface area (Å²) in [5.74, 6) is 0.0155. The number of nitrogens with zero attached hydrogens (tertiary/aromatic N) is 1. The van der Waals surface area contributed by atoms with Gasteiger partial charge in [0.15, 0.2) is 0 Å². The third-order valence-corrected chi connectivity index (χ3v) is 1.51. The second-order valence-corrected chi connectivity index (χ2v) is 2.57. The summed E-state index contributed by atoms with van der Waals surface area (Å²) in [6.45, 7) is 4.02. The third-order valence-electron chi connectivity index (χ3n) is 1.51. The number of carbonyl (C=O) groups is 1. The van der Waals surface area contributed by atoms with E-state index in [1.807, 2.05) is 19.9 Å². The number of carbonyl (C=O) groups excluding carboxylic acids is 1. The van der Waals surface area contributed by atoms with Crippen LogP contribution in [0.5, 0.6) is 0 Å². The molecule has 0 aliphatic heterocycles. The van der Waals surface area contributed by atoms with E-state index < -0.39 is 0 Å². The molecule has 0 fully saturated rings. The van der Waals surface area contributed by atoms with Gasteiger partial charge in [-0.05, 0) is 6.42 Å².